The molecule has 0 saturated heterocycles. The van der Waals surface area contributed by atoms with Crippen molar-refractivity contribution in [3.63, 3.8) is 0 Å². The van der Waals surface area contributed by atoms with Crippen LogP contribution in [0, 0.1) is 23.7 Å². The van der Waals surface area contributed by atoms with E-state index in [-0.39, 0.29) is 23.6 Å². The van der Waals surface area contributed by atoms with Gasteiger partial charge in [-0.15, -0.1) is 6.42 Å². The van der Waals surface area contributed by atoms with E-state index in [0.717, 1.165) is 0 Å². The first-order valence-corrected chi connectivity index (χ1v) is 8.85. The third-order valence-corrected chi connectivity index (χ3v) is 3.84. The maximum absolute atomic E-state index is 12.5. The number of aliphatic hydroxyl groups excluding tert-OH is 1. The molecule has 0 heterocycles. The summed E-state index contributed by atoms with van der Waals surface area (Å²) in [5.41, 5.74) is 0.917. The molecule has 0 amide bonds. The fourth-order valence-electron chi connectivity index (χ4n) is 2.84. The van der Waals surface area contributed by atoms with Crippen molar-refractivity contribution in [2.45, 2.75) is 47.0 Å². The topological polar surface area (TPSA) is 68.1 Å². The Bertz CT molecular complexity index is 553. The Kier molecular flexibility index (Phi) is 8.88. The number of hydrogen-bond acceptors (Lipinski definition) is 5. The number of ketones is 1. The predicted octanol–water partition coefficient (Wildman–Crippen LogP) is 3.34. The Morgan fingerprint density at radius 3 is 2.56 bits per heavy atom. The molecular formula is C20H31NO4. The monoisotopic (exact) mass is 349 g/mol. The van der Waals surface area contributed by atoms with Crippen molar-refractivity contribution < 1.29 is 19.4 Å². The molecule has 0 fully saturated rings. The van der Waals surface area contributed by atoms with Crippen molar-refractivity contribution in [3.8, 4) is 12.3 Å². The maximum Gasteiger partial charge on any atom is 0.168 e. The molecule has 0 radical (unpaired) electrons. The van der Waals surface area contributed by atoms with Crippen LogP contribution >= 0.6 is 0 Å². The molecular weight excluding hydrogens is 318 g/mol. The van der Waals surface area contributed by atoms with Gasteiger partial charge in [0.1, 0.15) is 12.4 Å². The molecule has 5 heteroatoms. The van der Waals surface area contributed by atoms with Gasteiger partial charge in [-0.2, -0.15) is 0 Å². The highest BCUT2D eigenvalue weighted by Crippen LogP contribution is 2.36. The van der Waals surface area contributed by atoms with Crippen LogP contribution in [0.3, 0.4) is 0 Å². The van der Waals surface area contributed by atoms with Gasteiger partial charge in [-0.1, -0.05) is 33.6 Å². The first kappa shape index (κ1) is 21.4. The van der Waals surface area contributed by atoms with Crippen LogP contribution in [0.1, 0.15) is 47.0 Å². The lowest BCUT2D eigenvalue weighted by Gasteiger charge is -2.30. The van der Waals surface area contributed by atoms with E-state index < -0.39 is 0 Å². The van der Waals surface area contributed by atoms with E-state index in [1.165, 1.54) is 0 Å². The largest absolute Gasteiger partial charge is 0.511 e. The minimum atomic E-state index is -0.199. The Balaban J connectivity index is 2.68. The van der Waals surface area contributed by atoms with Crippen LogP contribution < -0.4 is 0 Å². The molecule has 1 N–H and O–H groups in total. The SMILES string of the molecule is C#CCOCCOCCN=C(CC(C)C)C1=C(O)CC(C)(C)CC1=O. The van der Waals surface area contributed by atoms with Crippen LogP contribution in [0.4, 0.5) is 0 Å². The highest BCUT2D eigenvalue weighted by molar-refractivity contribution is 6.23. The molecule has 0 bridgehead atoms. The van der Waals surface area contributed by atoms with Gasteiger partial charge in [-0.25, -0.2) is 0 Å². The molecule has 0 saturated carbocycles. The van der Waals surface area contributed by atoms with Crippen LogP contribution in [0.5, 0.6) is 0 Å². The number of rotatable bonds is 10. The number of hydrogen-bond donors (Lipinski definition) is 1. The molecule has 25 heavy (non-hydrogen) atoms. The highest BCUT2D eigenvalue weighted by Gasteiger charge is 2.35. The van der Waals surface area contributed by atoms with Crippen molar-refractivity contribution in [3.05, 3.63) is 11.3 Å². The summed E-state index contributed by atoms with van der Waals surface area (Å²) in [5, 5.41) is 10.4. The summed E-state index contributed by atoms with van der Waals surface area (Å²) in [5.74, 6) is 2.89. The quantitative estimate of drug-likeness (QED) is 0.373. The van der Waals surface area contributed by atoms with Gasteiger partial charge in [0.15, 0.2) is 5.78 Å². The fourth-order valence-corrected chi connectivity index (χ4v) is 2.84. The van der Waals surface area contributed by atoms with Crippen molar-refractivity contribution in [1.29, 1.82) is 0 Å². The van der Waals surface area contributed by atoms with Gasteiger partial charge >= 0.3 is 0 Å². The molecule has 5 nitrogen and oxygen atoms in total. The van der Waals surface area contributed by atoms with Crippen LogP contribution in [-0.2, 0) is 14.3 Å². The van der Waals surface area contributed by atoms with E-state index >= 15 is 0 Å². The molecule has 1 rings (SSSR count). The van der Waals surface area contributed by atoms with Crippen LogP contribution in [-0.4, -0.2) is 49.6 Å². The number of terminal acetylenes is 1. The molecule has 0 atom stereocenters. The zero-order chi connectivity index (χ0) is 18.9. The number of carbonyl (C=O) groups excluding carboxylic acids is 1. The molecule has 0 aliphatic heterocycles. The summed E-state index contributed by atoms with van der Waals surface area (Å²) in [6, 6.07) is 0. The molecule has 0 spiro atoms. The van der Waals surface area contributed by atoms with Gasteiger partial charge in [0, 0.05) is 18.6 Å². The van der Waals surface area contributed by atoms with Gasteiger partial charge in [0.05, 0.1) is 31.9 Å². The predicted molar refractivity (Wildman–Crippen MR) is 99.9 cm³/mol. The summed E-state index contributed by atoms with van der Waals surface area (Å²) < 4.78 is 10.6. The van der Waals surface area contributed by atoms with Crippen LogP contribution in [0.2, 0.25) is 0 Å². The van der Waals surface area contributed by atoms with E-state index in [9.17, 15) is 9.90 Å². The second kappa shape index (κ2) is 10.4. The second-order valence-corrected chi connectivity index (χ2v) is 7.56. The molecule has 0 aromatic carbocycles. The van der Waals surface area contributed by atoms with Crippen LogP contribution in [0.25, 0.3) is 0 Å². The number of Topliss-reactive ketones (excluding diaryl/α,β-unsaturated/α-hetero) is 1. The average molecular weight is 349 g/mol. The normalized spacial score (nSPS) is 17.9. The van der Waals surface area contributed by atoms with Crippen molar-refractivity contribution in [1.82, 2.24) is 0 Å². The van der Waals surface area contributed by atoms with Crippen molar-refractivity contribution in [2.75, 3.05) is 33.0 Å². The number of carbonyl (C=O) groups is 1. The van der Waals surface area contributed by atoms with E-state index in [0.29, 0.717) is 62.8 Å². The lowest BCUT2D eigenvalue weighted by atomic mass is 9.75. The Hall–Kier alpha value is -1.64. The molecule has 0 unspecified atom stereocenters. The molecule has 140 valence electrons. The first-order valence-electron chi connectivity index (χ1n) is 8.85. The standard InChI is InChI=1S/C20H31NO4/c1-6-8-24-10-11-25-9-7-21-16(12-15(2)3)19-17(22)13-20(4,5)14-18(19)23/h1,15,22H,7-14H2,2-5H3. The molecule has 0 aromatic heterocycles. The summed E-state index contributed by atoms with van der Waals surface area (Å²) in [6.45, 7) is 10.2. The molecule has 1 aliphatic rings. The second-order valence-electron chi connectivity index (χ2n) is 7.56. The number of nitrogens with zero attached hydrogens (tertiary/aromatic N) is 1. The average Bonchev–Trinajstić information content (AvgIpc) is 2.47. The molecule has 1 aliphatic carbocycles. The highest BCUT2D eigenvalue weighted by atomic mass is 16.5. The Morgan fingerprint density at radius 2 is 1.96 bits per heavy atom. The minimum Gasteiger partial charge on any atom is -0.511 e. The number of ether oxygens (including phenoxy) is 2. The van der Waals surface area contributed by atoms with Gasteiger partial charge in [0.25, 0.3) is 0 Å². The van der Waals surface area contributed by atoms with Crippen LogP contribution in [0.15, 0.2) is 16.3 Å². The number of aliphatic hydroxyl groups is 1. The van der Waals surface area contributed by atoms with E-state index in [1.807, 2.05) is 13.8 Å². The zero-order valence-corrected chi connectivity index (χ0v) is 15.9. The lowest BCUT2D eigenvalue weighted by molar-refractivity contribution is -0.117. The summed E-state index contributed by atoms with van der Waals surface area (Å²) in [7, 11) is 0. The zero-order valence-electron chi connectivity index (χ0n) is 15.9. The Morgan fingerprint density at radius 1 is 1.28 bits per heavy atom. The summed E-state index contributed by atoms with van der Waals surface area (Å²) in [6.07, 6.45) is 6.70. The smallest absolute Gasteiger partial charge is 0.168 e. The Labute approximate surface area is 151 Å². The summed E-state index contributed by atoms with van der Waals surface area (Å²) >= 11 is 0. The van der Waals surface area contributed by atoms with E-state index in [4.69, 9.17) is 15.9 Å². The maximum atomic E-state index is 12.5. The fraction of sp³-hybridized carbons (Fsp3) is 0.700. The van der Waals surface area contributed by atoms with E-state index in [2.05, 4.69) is 24.8 Å². The first-order chi connectivity index (χ1) is 11.8. The number of aliphatic imine (C=N–C) groups is 1. The number of allylic oxidation sites excluding steroid dienone is 2. The third kappa shape index (κ3) is 7.85. The molecule has 0 aromatic rings. The third-order valence-electron chi connectivity index (χ3n) is 3.84. The van der Waals surface area contributed by atoms with Gasteiger partial charge in [-0.05, 0) is 17.8 Å². The summed E-state index contributed by atoms with van der Waals surface area (Å²) in [4.78, 5) is 17.1. The van der Waals surface area contributed by atoms with Gasteiger partial charge < -0.3 is 14.6 Å². The van der Waals surface area contributed by atoms with Crippen molar-refractivity contribution >= 4 is 11.5 Å². The minimum absolute atomic E-state index is 0.0169. The van der Waals surface area contributed by atoms with Gasteiger partial charge in [-0.3, -0.25) is 9.79 Å². The van der Waals surface area contributed by atoms with Crippen molar-refractivity contribution in [2.24, 2.45) is 16.3 Å². The lowest BCUT2D eigenvalue weighted by Crippen LogP contribution is -2.30. The van der Waals surface area contributed by atoms with E-state index in [1.54, 1.807) is 0 Å². The van der Waals surface area contributed by atoms with Gasteiger partial charge in [0.2, 0.25) is 0 Å².